The average molecular weight is 983 g/mol. The van der Waals surface area contributed by atoms with E-state index in [1.165, 1.54) is 0 Å². The van der Waals surface area contributed by atoms with Gasteiger partial charge in [0, 0.05) is 61.4 Å². The smallest absolute Gasteiger partial charge is 0.477 e. The highest BCUT2D eigenvalue weighted by atomic mass is 35.5. The molecule has 0 radical (unpaired) electrons. The van der Waals surface area contributed by atoms with Gasteiger partial charge in [-0.25, -0.2) is 0 Å². The SMILES string of the molecule is Cc1c(CCN2CCOCC2)c2cc(OCCO[N+](=O)OCCOc3ccc4c(c3)c(CCN3CCOCC3)c(C)n4C(=O)c3cccc(Cl)c3Cl)ccc2n1C(=O)c1cccc(Cl)c1Cl. The standard InChI is InChI=1S/C48H50Cl4N5O9/c1-31-35(13-15-53-17-21-61-22-18-53)39-29-33(9-11-43(39)55(31)47(58)37-5-3-7-41(49)45(37)51)63-25-27-65-57(60)66-28-26-64-34-10-12-44-40(30-34)36(14-16-54-19-23-62-24-20-54)32(2)56(44)48(59)38-6-4-8-42(50)46(38)52/h3-12,29-30H,13-28H2,1-2H3/q+1. The van der Waals surface area contributed by atoms with Crippen LogP contribution in [0.2, 0.25) is 20.1 Å². The van der Waals surface area contributed by atoms with Crippen molar-refractivity contribution in [1.29, 1.82) is 0 Å². The van der Waals surface area contributed by atoms with Crippen molar-refractivity contribution in [2.24, 2.45) is 0 Å². The van der Waals surface area contributed by atoms with Crippen LogP contribution < -0.4 is 9.47 Å². The van der Waals surface area contributed by atoms with Gasteiger partial charge in [0.1, 0.15) is 29.6 Å². The number of ether oxygens (including phenoxy) is 4. The predicted molar refractivity (Wildman–Crippen MR) is 254 cm³/mol. The lowest BCUT2D eigenvalue weighted by atomic mass is 10.1. The molecule has 0 amide bonds. The van der Waals surface area contributed by atoms with Gasteiger partial charge in [-0.2, -0.15) is 9.68 Å². The third-order valence-electron chi connectivity index (χ3n) is 12.0. The second-order valence-electron chi connectivity index (χ2n) is 16.0. The first-order chi connectivity index (χ1) is 32.0. The van der Waals surface area contributed by atoms with E-state index in [1.807, 2.05) is 38.1 Å². The zero-order chi connectivity index (χ0) is 46.3. The van der Waals surface area contributed by atoms with Crippen LogP contribution in [0.25, 0.3) is 21.8 Å². The van der Waals surface area contributed by atoms with Crippen LogP contribution in [0, 0.1) is 18.8 Å². The maximum absolute atomic E-state index is 14.0. The van der Waals surface area contributed by atoms with Crippen LogP contribution in [0.15, 0.2) is 72.8 Å². The van der Waals surface area contributed by atoms with E-state index in [4.69, 9.17) is 75.0 Å². The summed E-state index contributed by atoms with van der Waals surface area (Å²) in [7, 11) is 0. The lowest BCUT2D eigenvalue weighted by molar-refractivity contribution is -0.981. The van der Waals surface area contributed by atoms with Crippen LogP contribution in [0.5, 0.6) is 11.5 Å². The Morgan fingerprint density at radius 3 is 1.41 bits per heavy atom. The van der Waals surface area contributed by atoms with Crippen LogP contribution in [-0.2, 0) is 32.0 Å². The number of aromatic nitrogens is 2. The molecule has 6 aromatic rings. The van der Waals surface area contributed by atoms with Gasteiger partial charge in [0.15, 0.2) is 0 Å². The quantitative estimate of drug-likeness (QED) is 0.0605. The molecule has 0 spiro atoms. The van der Waals surface area contributed by atoms with E-state index in [-0.39, 0.29) is 53.4 Å². The number of nitrogens with zero attached hydrogens (tertiary/aromatic N) is 5. The van der Waals surface area contributed by atoms with Crippen molar-refractivity contribution in [3.8, 4) is 11.5 Å². The summed E-state index contributed by atoms with van der Waals surface area (Å²) in [5.74, 6) is 0.520. The van der Waals surface area contributed by atoms with Crippen molar-refractivity contribution in [2.75, 3.05) is 92.1 Å². The van der Waals surface area contributed by atoms with E-state index in [2.05, 4.69) is 9.80 Å². The first-order valence-electron chi connectivity index (χ1n) is 21.8. The van der Waals surface area contributed by atoms with Crippen molar-refractivity contribution in [3.63, 3.8) is 0 Å². The molecule has 2 aliphatic rings. The normalized spacial score (nSPS) is 14.8. The second kappa shape index (κ2) is 21.8. The van der Waals surface area contributed by atoms with Crippen LogP contribution in [0.1, 0.15) is 43.2 Å². The molecule has 14 nitrogen and oxygen atoms in total. The van der Waals surface area contributed by atoms with Crippen molar-refractivity contribution < 1.29 is 43.3 Å². The number of benzene rings is 4. The number of hydrogen-bond donors (Lipinski definition) is 0. The second-order valence-corrected chi connectivity index (χ2v) is 17.5. The maximum atomic E-state index is 14.0. The maximum Gasteiger partial charge on any atom is 0.477 e. The molecule has 4 aromatic carbocycles. The van der Waals surface area contributed by atoms with E-state index in [9.17, 15) is 14.5 Å². The molecule has 18 heteroatoms. The first-order valence-corrected chi connectivity index (χ1v) is 23.4. The molecule has 2 fully saturated rings. The number of morpholine rings is 2. The average Bonchev–Trinajstić information content (AvgIpc) is 3.77. The van der Waals surface area contributed by atoms with Gasteiger partial charge in [-0.3, -0.25) is 28.5 Å². The number of carbonyl (C=O) groups is 2. The highest BCUT2D eigenvalue weighted by Gasteiger charge is 2.26. The summed E-state index contributed by atoms with van der Waals surface area (Å²) in [6.07, 6.45) is 1.40. The monoisotopic (exact) mass is 980 g/mol. The molecule has 0 bridgehead atoms. The van der Waals surface area contributed by atoms with Gasteiger partial charge in [0.2, 0.25) is 13.2 Å². The predicted octanol–water partition coefficient (Wildman–Crippen LogP) is 9.05. The van der Waals surface area contributed by atoms with Crippen LogP contribution >= 0.6 is 46.4 Å². The minimum atomic E-state index is -0.282. The van der Waals surface area contributed by atoms with E-state index < -0.39 is 0 Å². The molecule has 2 aromatic heterocycles. The Morgan fingerprint density at radius 2 is 1.00 bits per heavy atom. The molecule has 0 N–H and O–H groups in total. The fraction of sp³-hybridized carbons (Fsp3) is 0.375. The van der Waals surface area contributed by atoms with E-state index in [0.29, 0.717) is 83.0 Å². The highest BCUT2D eigenvalue weighted by Crippen LogP contribution is 2.35. The minimum absolute atomic E-state index is 0.0404. The van der Waals surface area contributed by atoms with Gasteiger partial charge in [-0.1, -0.05) is 58.5 Å². The van der Waals surface area contributed by atoms with Crippen LogP contribution in [-0.4, -0.2) is 128 Å². The number of hydrogen-bond acceptors (Lipinski definition) is 11. The number of fused-ring (bicyclic) bond motifs is 2. The summed E-state index contributed by atoms with van der Waals surface area (Å²) >= 11 is 25.6. The molecule has 0 unspecified atom stereocenters. The number of rotatable bonds is 18. The van der Waals surface area contributed by atoms with Crippen LogP contribution in [0.4, 0.5) is 0 Å². The first kappa shape index (κ1) is 47.6. The zero-order valence-corrected chi connectivity index (χ0v) is 39.7. The fourth-order valence-electron chi connectivity index (χ4n) is 8.61. The molecule has 348 valence electrons. The van der Waals surface area contributed by atoms with Gasteiger partial charge < -0.3 is 18.9 Å². The summed E-state index contributed by atoms with van der Waals surface area (Å²) in [6, 6.07) is 21.1. The van der Waals surface area contributed by atoms with Gasteiger partial charge in [0.25, 0.3) is 11.8 Å². The summed E-state index contributed by atoms with van der Waals surface area (Å²) in [6.45, 7) is 11.4. The molecular formula is C48H50Cl4N5O9+. The van der Waals surface area contributed by atoms with Crippen molar-refractivity contribution in [1.82, 2.24) is 18.9 Å². The molecule has 2 saturated heterocycles. The lowest BCUT2D eigenvalue weighted by Crippen LogP contribution is -2.37. The lowest BCUT2D eigenvalue weighted by Gasteiger charge is -2.26. The van der Waals surface area contributed by atoms with Gasteiger partial charge in [0.05, 0.1) is 68.7 Å². The summed E-state index contributed by atoms with van der Waals surface area (Å²) < 4.78 is 26.4. The number of halogens is 4. The zero-order valence-electron chi connectivity index (χ0n) is 36.7. The molecule has 0 saturated carbocycles. The Morgan fingerprint density at radius 1 is 0.591 bits per heavy atom. The van der Waals surface area contributed by atoms with Crippen LogP contribution in [0.3, 0.4) is 0 Å². The molecular weight excluding hydrogens is 932 g/mol. The molecule has 66 heavy (non-hydrogen) atoms. The van der Waals surface area contributed by atoms with Crippen molar-refractivity contribution in [3.05, 3.63) is 131 Å². The third-order valence-corrected chi connectivity index (χ3v) is 13.7. The summed E-state index contributed by atoms with van der Waals surface area (Å²) in [5.41, 5.74) is 5.66. The highest BCUT2D eigenvalue weighted by molar-refractivity contribution is 6.44. The summed E-state index contributed by atoms with van der Waals surface area (Å²) in [5, 5.41) is 2.78. The Bertz CT molecular complexity index is 2560. The Hall–Kier alpha value is -4.90. The van der Waals surface area contributed by atoms with Crippen molar-refractivity contribution in [2.45, 2.75) is 26.7 Å². The van der Waals surface area contributed by atoms with Gasteiger partial charge in [-0.15, -0.1) is 0 Å². The molecule has 0 aliphatic carbocycles. The molecule has 0 atom stereocenters. The molecule has 2 aliphatic heterocycles. The van der Waals surface area contributed by atoms with E-state index in [1.54, 1.807) is 57.7 Å². The molecule has 4 heterocycles. The topological polar surface area (TPSA) is 126 Å². The van der Waals surface area contributed by atoms with Gasteiger partial charge in [-0.05, 0) is 98.5 Å². The minimum Gasteiger partial charge on any atom is -0.490 e. The van der Waals surface area contributed by atoms with E-state index >= 15 is 0 Å². The number of carbonyl (C=O) groups excluding carboxylic acids is 2. The van der Waals surface area contributed by atoms with Crippen molar-refractivity contribution >= 4 is 80.0 Å². The Labute approximate surface area is 402 Å². The fourth-order valence-corrected chi connectivity index (χ4v) is 9.37. The Balaban J connectivity index is 0.877. The third kappa shape index (κ3) is 10.6. The molecule has 8 rings (SSSR count). The van der Waals surface area contributed by atoms with Gasteiger partial charge >= 0.3 is 5.09 Å². The summed E-state index contributed by atoms with van der Waals surface area (Å²) in [4.78, 5) is 55.6. The van der Waals surface area contributed by atoms with E-state index in [0.717, 1.165) is 72.6 Å². The Kier molecular flexibility index (Phi) is 15.7. The largest absolute Gasteiger partial charge is 0.490 e.